The summed E-state index contributed by atoms with van der Waals surface area (Å²) < 4.78 is 0. The van der Waals surface area contributed by atoms with Crippen LogP contribution in [0.1, 0.15) is 47.5 Å². The Labute approximate surface area is 94.4 Å². The summed E-state index contributed by atoms with van der Waals surface area (Å²) in [5.74, 6) is 0. The number of nitrogens with zero attached hydrogens (tertiary/aromatic N) is 1. The molecule has 2 nitrogen and oxygen atoms in total. The molecule has 0 aromatic heterocycles. The molecule has 0 unspecified atom stereocenters. The summed E-state index contributed by atoms with van der Waals surface area (Å²) >= 11 is 0. The molecule has 0 aromatic rings. The van der Waals surface area contributed by atoms with Gasteiger partial charge in [0.1, 0.15) is 0 Å². The topological polar surface area (TPSA) is 15.3 Å². The van der Waals surface area contributed by atoms with Gasteiger partial charge in [0.15, 0.2) is 0 Å². The molecule has 2 rings (SSSR count). The van der Waals surface area contributed by atoms with E-state index in [1.54, 1.807) is 0 Å². The number of rotatable bonds is 2. The molecule has 1 aliphatic heterocycles. The van der Waals surface area contributed by atoms with Gasteiger partial charge >= 0.3 is 0 Å². The maximum absolute atomic E-state index is 3.70. The first-order chi connectivity index (χ1) is 6.80. The summed E-state index contributed by atoms with van der Waals surface area (Å²) in [7, 11) is 0. The molecule has 1 N–H and O–H groups in total. The first-order valence-corrected chi connectivity index (χ1v) is 6.31. The molecule has 1 heterocycles. The molecule has 88 valence electrons. The van der Waals surface area contributed by atoms with Crippen LogP contribution < -0.4 is 5.32 Å². The number of nitrogens with one attached hydrogen (secondary N) is 1. The summed E-state index contributed by atoms with van der Waals surface area (Å²) in [5.41, 5.74) is 0.987. The maximum atomic E-state index is 3.70. The lowest BCUT2D eigenvalue weighted by molar-refractivity contribution is -0.0964. The maximum Gasteiger partial charge on any atom is 0.00991 e. The fraction of sp³-hybridized carbons (Fsp3) is 1.00. The van der Waals surface area contributed by atoms with Crippen molar-refractivity contribution >= 4 is 0 Å². The molecule has 0 radical (unpaired) electrons. The first-order valence-electron chi connectivity index (χ1n) is 6.31. The van der Waals surface area contributed by atoms with E-state index < -0.39 is 0 Å². The van der Waals surface area contributed by atoms with Crippen molar-refractivity contribution in [3.63, 3.8) is 0 Å². The summed E-state index contributed by atoms with van der Waals surface area (Å²) in [5, 5.41) is 3.70. The van der Waals surface area contributed by atoms with E-state index in [1.165, 1.54) is 25.9 Å². The molecular formula is C13H26N2. The largest absolute Gasteiger partial charge is 0.309 e. The van der Waals surface area contributed by atoms with Gasteiger partial charge < -0.3 is 5.32 Å². The zero-order valence-corrected chi connectivity index (χ0v) is 10.9. The minimum absolute atomic E-state index is 0.285. The first kappa shape index (κ1) is 11.4. The average molecular weight is 210 g/mol. The SMILES string of the molecule is CC(C)N1CC2(CC(NC(C)(C)C)C2)C1. The van der Waals surface area contributed by atoms with Crippen LogP contribution in [0.5, 0.6) is 0 Å². The van der Waals surface area contributed by atoms with Gasteiger partial charge in [0.2, 0.25) is 0 Å². The van der Waals surface area contributed by atoms with Crippen LogP contribution in [0, 0.1) is 5.41 Å². The zero-order chi connectivity index (χ0) is 11.3. The van der Waals surface area contributed by atoms with Crippen molar-refractivity contribution in [2.75, 3.05) is 13.1 Å². The second-order valence-electron chi connectivity index (χ2n) is 7.00. The lowest BCUT2D eigenvalue weighted by Crippen LogP contribution is -2.68. The van der Waals surface area contributed by atoms with Gasteiger partial charge in [0.05, 0.1) is 0 Å². The summed E-state index contributed by atoms with van der Waals surface area (Å²) in [6.45, 7) is 14.1. The van der Waals surface area contributed by atoms with Gasteiger partial charge in [-0.05, 0) is 52.9 Å². The normalized spacial score (nSPS) is 26.8. The molecular weight excluding hydrogens is 184 g/mol. The Balaban J connectivity index is 1.71. The predicted molar refractivity (Wildman–Crippen MR) is 65.1 cm³/mol. The van der Waals surface area contributed by atoms with Crippen molar-refractivity contribution in [2.45, 2.75) is 65.1 Å². The molecule has 2 fully saturated rings. The van der Waals surface area contributed by atoms with E-state index in [0.29, 0.717) is 5.41 Å². The van der Waals surface area contributed by atoms with Crippen LogP contribution in [0.2, 0.25) is 0 Å². The van der Waals surface area contributed by atoms with Gasteiger partial charge in [-0.15, -0.1) is 0 Å². The minimum atomic E-state index is 0.285. The molecule has 1 spiro atoms. The molecule has 2 aliphatic rings. The standard InChI is InChI=1S/C13H26N2/c1-10(2)15-8-13(9-15)6-11(7-13)14-12(3,4)5/h10-11,14H,6-9H2,1-5H3. The molecule has 1 saturated carbocycles. The highest BCUT2D eigenvalue weighted by Crippen LogP contribution is 2.49. The fourth-order valence-corrected chi connectivity index (χ4v) is 3.14. The lowest BCUT2D eigenvalue weighted by atomic mass is 9.60. The third kappa shape index (κ3) is 2.36. The van der Waals surface area contributed by atoms with Crippen molar-refractivity contribution in [1.82, 2.24) is 10.2 Å². The van der Waals surface area contributed by atoms with E-state index in [2.05, 4.69) is 44.8 Å². The summed E-state index contributed by atoms with van der Waals surface area (Å²) in [6.07, 6.45) is 2.79. The van der Waals surface area contributed by atoms with Crippen molar-refractivity contribution in [1.29, 1.82) is 0 Å². The third-order valence-corrected chi connectivity index (χ3v) is 3.80. The van der Waals surface area contributed by atoms with E-state index in [9.17, 15) is 0 Å². The number of hydrogen-bond acceptors (Lipinski definition) is 2. The summed E-state index contributed by atoms with van der Waals surface area (Å²) in [6, 6.07) is 1.52. The van der Waals surface area contributed by atoms with E-state index in [-0.39, 0.29) is 5.54 Å². The Bertz CT molecular complexity index is 225. The van der Waals surface area contributed by atoms with Crippen molar-refractivity contribution in [3.8, 4) is 0 Å². The molecule has 15 heavy (non-hydrogen) atoms. The number of hydrogen-bond donors (Lipinski definition) is 1. The quantitative estimate of drug-likeness (QED) is 0.752. The molecule has 0 atom stereocenters. The smallest absolute Gasteiger partial charge is 0.00991 e. The van der Waals surface area contributed by atoms with Crippen LogP contribution in [0.3, 0.4) is 0 Å². The molecule has 0 amide bonds. The van der Waals surface area contributed by atoms with Crippen LogP contribution in [0.25, 0.3) is 0 Å². The van der Waals surface area contributed by atoms with Crippen LogP contribution in [-0.2, 0) is 0 Å². The molecule has 2 heteroatoms. The summed E-state index contributed by atoms with van der Waals surface area (Å²) in [4.78, 5) is 2.59. The van der Waals surface area contributed by atoms with Gasteiger partial charge in [-0.25, -0.2) is 0 Å². The van der Waals surface area contributed by atoms with E-state index >= 15 is 0 Å². The molecule has 0 bridgehead atoms. The van der Waals surface area contributed by atoms with Crippen molar-refractivity contribution < 1.29 is 0 Å². The monoisotopic (exact) mass is 210 g/mol. The van der Waals surface area contributed by atoms with Crippen LogP contribution in [0.4, 0.5) is 0 Å². The highest BCUT2D eigenvalue weighted by molar-refractivity contribution is 5.08. The van der Waals surface area contributed by atoms with Gasteiger partial charge in [-0.1, -0.05) is 0 Å². The van der Waals surface area contributed by atoms with Crippen molar-refractivity contribution in [2.24, 2.45) is 5.41 Å². The third-order valence-electron chi connectivity index (χ3n) is 3.80. The van der Waals surface area contributed by atoms with E-state index in [0.717, 1.165) is 12.1 Å². The van der Waals surface area contributed by atoms with Gasteiger partial charge in [0, 0.05) is 30.7 Å². The Hall–Kier alpha value is -0.0800. The number of likely N-dealkylation sites (tertiary alicyclic amines) is 1. The molecule has 1 saturated heterocycles. The van der Waals surface area contributed by atoms with Crippen LogP contribution in [-0.4, -0.2) is 35.6 Å². The predicted octanol–water partition coefficient (Wildman–Crippen LogP) is 2.25. The Morgan fingerprint density at radius 3 is 2.13 bits per heavy atom. The second-order valence-corrected chi connectivity index (χ2v) is 7.00. The highest BCUT2D eigenvalue weighted by Gasteiger charge is 2.52. The molecule has 0 aromatic carbocycles. The highest BCUT2D eigenvalue weighted by atomic mass is 15.2. The second kappa shape index (κ2) is 3.46. The van der Waals surface area contributed by atoms with E-state index in [1.807, 2.05) is 0 Å². The van der Waals surface area contributed by atoms with Crippen LogP contribution in [0.15, 0.2) is 0 Å². The van der Waals surface area contributed by atoms with Crippen molar-refractivity contribution in [3.05, 3.63) is 0 Å². The minimum Gasteiger partial charge on any atom is -0.309 e. The molecule has 1 aliphatic carbocycles. The van der Waals surface area contributed by atoms with E-state index in [4.69, 9.17) is 0 Å². The lowest BCUT2D eigenvalue weighted by Gasteiger charge is -2.61. The van der Waals surface area contributed by atoms with Gasteiger partial charge in [-0.2, -0.15) is 0 Å². The average Bonchev–Trinajstić information content (AvgIpc) is 1.87. The Kier molecular flexibility index (Phi) is 2.63. The van der Waals surface area contributed by atoms with Gasteiger partial charge in [-0.3, -0.25) is 4.90 Å². The fourth-order valence-electron chi connectivity index (χ4n) is 3.14. The zero-order valence-electron chi connectivity index (χ0n) is 10.9. The Morgan fingerprint density at radius 1 is 1.20 bits per heavy atom. The van der Waals surface area contributed by atoms with Gasteiger partial charge in [0.25, 0.3) is 0 Å². The van der Waals surface area contributed by atoms with Crippen LogP contribution >= 0.6 is 0 Å². The Morgan fingerprint density at radius 2 is 1.73 bits per heavy atom.